The predicted molar refractivity (Wildman–Crippen MR) is 106 cm³/mol. The summed E-state index contributed by atoms with van der Waals surface area (Å²) in [6.45, 7) is 4.08. The molecule has 0 spiro atoms. The smallest absolute Gasteiger partial charge is 0.167 e. The number of rotatable bonds is 4. The molecule has 2 aromatic rings. The molecule has 1 aliphatic rings. The number of ketones is 2. The molecule has 0 amide bonds. The Morgan fingerprint density at radius 1 is 0.692 bits per heavy atom. The van der Waals surface area contributed by atoms with Crippen LogP contribution in [0.2, 0.25) is 10.0 Å². The average molecular weight is 387 g/mol. The second kappa shape index (κ2) is 7.77. The molecular formula is C22H20Cl2O2. The number of allylic oxidation sites excluding steroid dienone is 2. The maximum Gasteiger partial charge on any atom is 0.167 e. The third-order valence-electron chi connectivity index (χ3n) is 5.20. The maximum atomic E-state index is 13.1. The van der Waals surface area contributed by atoms with Crippen molar-refractivity contribution in [2.75, 3.05) is 0 Å². The fraction of sp³-hybridized carbons (Fsp3) is 0.273. The summed E-state index contributed by atoms with van der Waals surface area (Å²) in [5.74, 6) is -0.715. The largest absolute Gasteiger partial charge is 0.294 e. The van der Waals surface area contributed by atoms with Crippen LogP contribution in [0.25, 0.3) is 0 Å². The van der Waals surface area contributed by atoms with Crippen LogP contribution in [0, 0.1) is 11.8 Å². The Hall–Kier alpha value is -1.90. The first-order chi connectivity index (χ1) is 12.4. The van der Waals surface area contributed by atoms with Crippen LogP contribution < -0.4 is 0 Å². The van der Waals surface area contributed by atoms with Crippen LogP contribution in [-0.4, -0.2) is 11.6 Å². The van der Waals surface area contributed by atoms with E-state index in [1.165, 1.54) is 11.1 Å². The van der Waals surface area contributed by atoms with Crippen molar-refractivity contribution in [1.82, 2.24) is 0 Å². The van der Waals surface area contributed by atoms with E-state index in [-0.39, 0.29) is 23.4 Å². The van der Waals surface area contributed by atoms with Gasteiger partial charge in [0.1, 0.15) is 0 Å². The lowest BCUT2D eigenvalue weighted by Crippen LogP contribution is -2.33. The van der Waals surface area contributed by atoms with Gasteiger partial charge in [-0.3, -0.25) is 9.59 Å². The zero-order valence-corrected chi connectivity index (χ0v) is 16.3. The molecule has 2 aromatic carbocycles. The van der Waals surface area contributed by atoms with Crippen molar-refractivity contribution >= 4 is 34.8 Å². The summed E-state index contributed by atoms with van der Waals surface area (Å²) in [4.78, 5) is 26.2. The summed E-state index contributed by atoms with van der Waals surface area (Å²) in [6, 6.07) is 13.8. The minimum Gasteiger partial charge on any atom is -0.294 e. The lowest BCUT2D eigenvalue weighted by molar-refractivity contribution is 0.0753. The molecule has 2 unspecified atom stereocenters. The van der Waals surface area contributed by atoms with Gasteiger partial charge in [-0.1, -0.05) is 34.3 Å². The van der Waals surface area contributed by atoms with Gasteiger partial charge in [0, 0.05) is 33.0 Å². The molecule has 1 aliphatic carbocycles. The number of hydrogen-bond donors (Lipinski definition) is 0. The van der Waals surface area contributed by atoms with E-state index >= 15 is 0 Å². The van der Waals surface area contributed by atoms with Crippen molar-refractivity contribution < 1.29 is 9.59 Å². The molecule has 0 saturated heterocycles. The standard InChI is InChI=1S/C22H20Cl2O2/c1-13-11-19(21(25)15-3-7-17(23)8-4-15)20(12-14(13)2)22(26)16-5-9-18(24)10-6-16/h3-10,19-20H,11-12H2,1-2H3. The number of carbonyl (C=O) groups is 2. The Bertz CT molecular complexity index is 791. The number of hydrogen-bond acceptors (Lipinski definition) is 2. The Balaban J connectivity index is 1.94. The highest BCUT2D eigenvalue weighted by Gasteiger charge is 2.37. The Kier molecular flexibility index (Phi) is 5.64. The van der Waals surface area contributed by atoms with Gasteiger partial charge in [0.2, 0.25) is 0 Å². The van der Waals surface area contributed by atoms with Crippen LogP contribution in [0.5, 0.6) is 0 Å². The molecule has 0 heterocycles. The van der Waals surface area contributed by atoms with Gasteiger partial charge < -0.3 is 0 Å². The van der Waals surface area contributed by atoms with Gasteiger partial charge in [-0.2, -0.15) is 0 Å². The normalized spacial score (nSPS) is 20.2. The number of Topliss-reactive ketones (excluding diaryl/α,β-unsaturated/α-hetero) is 2. The molecule has 0 aliphatic heterocycles. The van der Waals surface area contributed by atoms with Crippen molar-refractivity contribution in [2.24, 2.45) is 11.8 Å². The second-order valence-corrected chi connectivity index (χ2v) is 7.80. The Morgan fingerprint density at radius 3 is 1.31 bits per heavy atom. The molecule has 2 nitrogen and oxygen atoms in total. The van der Waals surface area contributed by atoms with E-state index in [0.29, 0.717) is 34.0 Å². The quantitative estimate of drug-likeness (QED) is 0.448. The summed E-state index contributed by atoms with van der Waals surface area (Å²) in [6.07, 6.45) is 1.22. The van der Waals surface area contributed by atoms with Crippen LogP contribution in [0.1, 0.15) is 47.4 Å². The van der Waals surface area contributed by atoms with E-state index in [9.17, 15) is 9.59 Å². The van der Waals surface area contributed by atoms with E-state index < -0.39 is 0 Å². The fourth-order valence-corrected chi connectivity index (χ4v) is 3.75. The predicted octanol–water partition coefficient (Wildman–Crippen LogP) is 6.42. The summed E-state index contributed by atoms with van der Waals surface area (Å²) in [5.41, 5.74) is 3.58. The van der Waals surface area contributed by atoms with Crippen LogP contribution in [0.3, 0.4) is 0 Å². The van der Waals surface area contributed by atoms with E-state index in [4.69, 9.17) is 23.2 Å². The van der Waals surface area contributed by atoms with Gasteiger partial charge >= 0.3 is 0 Å². The highest BCUT2D eigenvalue weighted by molar-refractivity contribution is 6.31. The van der Waals surface area contributed by atoms with Gasteiger partial charge in [-0.05, 0) is 75.2 Å². The Morgan fingerprint density at radius 2 is 1.00 bits per heavy atom. The van der Waals surface area contributed by atoms with Crippen molar-refractivity contribution in [3.63, 3.8) is 0 Å². The Labute approximate surface area is 163 Å². The molecule has 3 rings (SSSR count). The number of carbonyl (C=O) groups excluding carboxylic acids is 2. The topological polar surface area (TPSA) is 34.1 Å². The number of benzene rings is 2. The van der Waals surface area contributed by atoms with Crippen LogP contribution in [-0.2, 0) is 0 Å². The zero-order valence-electron chi connectivity index (χ0n) is 14.8. The van der Waals surface area contributed by atoms with Gasteiger partial charge in [-0.25, -0.2) is 0 Å². The van der Waals surface area contributed by atoms with E-state index in [1.807, 2.05) is 13.8 Å². The number of halogens is 2. The zero-order chi connectivity index (χ0) is 18.8. The van der Waals surface area contributed by atoms with Crippen molar-refractivity contribution in [1.29, 1.82) is 0 Å². The monoisotopic (exact) mass is 386 g/mol. The van der Waals surface area contributed by atoms with Crippen LogP contribution in [0.15, 0.2) is 59.7 Å². The molecule has 0 radical (unpaired) electrons. The van der Waals surface area contributed by atoms with E-state index in [2.05, 4.69) is 0 Å². The molecule has 134 valence electrons. The molecule has 0 fully saturated rings. The highest BCUT2D eigenvalue weighted by Crippen LogP contribution is 2.38. The molecule has 4 heteroatoms. The van der Waals surface area contributed by atoms with Crippen molar-refractivity contribution in [3.8, 4) is 0 Å². The fourth-order valence-electron chi connectivity index (χ4n) is 3.50. The maximum absolute atomic E-state index is 13.1. The minimum absolute atomic E-state index is 0.000769. The van der Waals surface area contributed by atoms with E-state index in [1.54, 1.807) is 48.5 Å². The SMILES string of the molecule is CC1=C(C)CC(C(=O)c2ccc(Cl)cc2)C(C(=O)c2ccc(Cl)cc2)C1. The average Bonchev–Trinajstić information content (AvgIpc) is 2.63. The lowest BCUT2D eigenvalue weighted by Gasteiger charge is -2.31. The van der Waals surface area contributed by atoms with Gasteiger partial charge in [-0.15, -0.1) is 0 Å². The summed E-state index contributed by atoms with van der Waals surface area (Å²) in [7, 11) is 0. The second-order valence-electron chi connectivity index (χ2n) is 6.92. The highest BCUT2D eigenvalue weighted by atomic mass is 35.5. The van der Waals surface area contributed by atoms with Crippen molar-refractivity contribution in [3.05, 3.63) is 80.8 Å². The summed E-state index contributed by atoms with van der Waals surface area (Å²) >= 11 is 11.9. The summed E-state index contributed by atoms with van der Waals surface area (Å²) in [5, 5.41) is 1.18. The molecule has 2 atom stereocenters. The van der Waals surface area contributed by atoms with Crippen molar-refractivity contribution in [2.45, 2.75) is 26.7 Å². The molecule has 0 bridgehead atoms. The molecule has 0 saturated carbocycles. The molecular weight excluding hydrogens is 367 g/mol. The minimum atomic E-state index is -0.358. The first-order valence-corrected chi connectivity index (χ1v) is 9.37. The van der Waals surface area contributed by atoms with Gasteiger partial charge in [0.25, 0.3) is 0 Å². The molecule has 0 aromatic heterocycles. The third kappa shape index (κ3) is 3.92. The third-order valence-corrected chi connectivity index (χ3v) is 5.70. The summed E-state index contributed by atoms with van der Waals surface area (Å²) < 4.78 is 0. The van der Waals surface area contributed by atoms with E-state index in [0.717, 1.165) is 0 Å². The first kappa shape index (κ1) is 18.9. The lowest BCUT2D eigenvalue weighted by atomic mass is 9.70. The van der Waals surface area contributed by atoms with Gasteiger partial charge in [0.05, 0.1) is 0 Å². The molecule has 0 N–H and O–H groups in total. The van der Waals surface area contributed by atoms with Gasteiger partial charge in [0.15, 0.2) is 11.6 Å². The van der Waals surface area contributed by atoms with Crippen LogP contribution >= 0.6 is 23.2 Å². The first-order valence-electron chi connectivity index (χ1n) is 8.61. The van der Waals surface area contributed by atoms with Crippen LogP contribution in [0.4, 0.5) is 0 Å². The molecule has 26 heavy (non-hydrogen) atoms.